The number of fused-ring (bicyclic) bond motifs is 3. The van der Waals surface area contributed by atoms with Gasteiger partial charge in [0.25, 0.3) is 0 Å². The molecular formula is C33H32N2O2. The van der Waals surface area contributed by atoms with Crippen molar-refractivity contribution in [2.45, 2.75) is 59.8 Å². The highest BCUT2D eigenvalue weighted by Gasteiger charge is 2.21. The van der Waals surface area contributed by atoms with Gasteiger partial charge in [-0.15, -0.1) is 0 Å². The van der Waals surface area contributed by atoms with E-state index in [0.29, 0.717) is 5.71 Å². The molecule has 4 aromatic heterocycles. The van der Waals surface area contributed by atoms with Crippen LogP contribution >= 0.6 is 0 Å². The van der Waals surface area contributed by atoms with Crippen molar-refractivity contribution >= 4 is 32.8 Å². The Kier molecular flexibility index (Phi) is 5.45. The van der Waals surface area contributed by atoms with Crippen LogP contribution in [-0.4, -0.2) is 9.97 Å². The molecular weight excluding hydrogens is 456 g/mol. The first-order valence-corrected chi connectivity index (χ1v) is 13.0. The van der Waals surface area contributed by atoms with Crippen LogP contribution in [0.15, 0.2) is 70.0 Å². The lowest BCUT2D eigenvalue weighted by atomic mass is 9.82. The van der Waals surface area contributed by atoms with Crippen molar-refractivity contribution in [2.24, 2.45) is 0 Å². The molecule has 4 heterocycles. The van der Waals surface area contributed by atoms with Crippen LogP contribution < -0.4 is 0 Å². The van der Waals surface area contributed by atoms with Gasteiger partial charge in [0, 0.05) is 35.2 Å². The van der Waals surface area contributed by atoms with Crippen LogP contribution in [-0.2, 0) is 11.8 Å². The monoisotopic (exact) mass is 488 g/mol. The Labute approximate surface area is 217 Å². The lowest BCUT2D eigenvalue weighted by Crippen LogP contribution is -2.12. The van der Waals surface area contributed by atoms with Gasteiger partial charge in [-0.25, -0.2) is 4.98 Å². The van der Waals surface area contributed by atoms with E-state index in [1.165, 1.54) is 21.9 Å². The number of hydrogen-bond donors (Lipinski definition) is 0. The standard InChI is InChI=1S/C33H32N2O2/c1-7-8-29-20(3)24-10-9-21(15-30(24)37-29)25-16-28(35-32-31(25)19(2)18-36-32)23-13-22-11-12-34-17-26(22)27(14-23)33(4,5)6/h9-18H,7-8H2,1-6H3. The summed E-state index contributed by atoms with van der Waals surface area (Å²) in [5, 5.41) is 4.56. The van der Waals surface area contributed by atoms with Crippen LogP contribution in [0.25, 0.3) is 55.2 Å². The van der Waals surface area contributed by atoms with E-state index >= 15 is 0 Å². The van der Waals surface area contributed by atoms with Crippen molar-refractivity contribution < 1.29 is 8.83 Å². The second-order valence-corrected chi connectivity index (χ2v) is 11.1. The predicted octanol–water partition coefficient (Wildman–Crippen LogP) is 9.32. The van der Waals surface area contributed by atoms with Crippen molar-refractivity contribution in [3.63, 3.8) is 0 Å². The summed E-state index contributed by atoms with van der Waals surface area (Å²) in [6, 6.07) is 15.3. The molecule has 0 amide bonds. The van der Waals surface area contributed by atoms with E-state index in [2.05, 4.69) is 89.0 Å². The molecule has 2 aromatic carbocycles. The van der Waals surface area contributed by atoms with Gasteiger partial charge in [0.05, 0.1) is 17.3 Å². The molecule has 4 nitrogen and oxygen atoms in total. The zero-order chi connectivity index (χ0) is 25.9. The molecule has 6 aromatic rings. The molecule has 0 saturated carbocycles. The Morgan fingerprint density at radius 2 is 1.76 bits per heavy atom. The topological polar surface area (TPSA) is 52.1 Å². The van der Waals surface area contributed by atoms with E-state index < -0.39 is 0 Å². The van der Waals surface area contributed by atoms with E-state index in [1.807, 2.05) is 12.4 Å². The lowest BCUT2D eigenvalue weighted by molar-refractivity contribution is 0.541. The second kappa shape index (κ2) is 8.58. The first-order valence-electron chi connectivity index (χ1n) is 13.0. The molecule has 0 fully saturated rings. The molecule has 0 atom stereocenters. The fraction of sp³-hybridized carbons (Fsp3) is 0.273. The van der Waals surface area contributed by atoms with E-state index in [0.717, 1.165) is 62.9 Å². The highest BCUT2D eigenvalue weighted by atomic mass is 16.3. The van der Waals surface area contributed by atoms with Gasteiger partial charge in [-0.1, -0.05) is 39.8 Å². The maximum atomic E-state index is 6.30. The minimum atomic E-state index is -0.0378. The Morgan fingerprint density at radius 3 is 2.54 bits per heavy atom. The van der Waals surface area contributed by atoms with E-state index in [4.69, 9.17) is 13.8 Å². The van der Waals surface area contributed by atoms with Gasteiger partial charge in [0.2, 0.25) is 5.71 Å². The highest BCUT2D eigenvalue weighted by molar-refractivity contribution is 5.99. The second-order valence-electron chi connectivity index (χ2n) is 11.1. The normalized spacial score (nSPS) is 12.3. The number of rotatable bonds is 4. The molecule has 186 valence electrons. The number of aromatic nitrogens is 2. The number of hydrogen-bond acceptors (Lipinski definition) is 4. The largest absolute Gasteiger partial charge is 0.461 e. The number of aryl methyl sites for hydroxylation is 3. The lowest BCUT2D eigenvalue weighted by Gasteiger charge is -2.22. The minimum absolute atomic E-state index is 0.0378. The first kappa shape index (κ1) is 23.5. The third kappa shape index (κ3) is 3.92. The molecule has 0 saturated heterocycles. The van der Waals surface area contributed by atoms with Crippen LogP contribution in [0.1, 0.15) is 56.6 Å². The fourth-order valence-electron chi connectivity index (χ4n) is 5.44. The SMILES string of the molecule is CCCc1oc2cc(-c3cc(-c4cc(C(C)(C)C)c5cnccc5c4)nc4occ(C)c34)ccc2c1C. The Hall–Kier alpha value is -3.92. The van der Waals surface area contributed by atoms with Gasteiger partial charge in [0.1, 0.15) is 11.3 Å². The maximum absolute atomic E-state index is 6.30. The number of furan rings is 2. The average Bonchev–Trinajstić information content (AvgIpc) is 3.41. The number of nitrogens with zero attached hydrogens (tertiary/aromatic N) is 2. The minimum Gasteiger partial charge on any atom is -0.461 e. The van der Waals surface area contributed by atoms with Crippen LogP contribution in [0.3, 0.4) is 0 Å². The van der Waals surface area contributed by atoms with Crippen LogP contribution in [0.2, 0.25) is 0 Å². The summed E-state index contributed by atoms with van der Waals surface area (Å²) in [6.07, 6.45) is 7.63. The van der Waals surface area contributed by atoms with Crippen molar-refractivity contribution in [2.75, 3.05) is 0 Å². The molecule has 0 spiro atoms. The van der Waals surface area contributed by atoms with E-state index in [-0.39, 0.29) is 5.41 Å². The summed E-state index contributed by atoms with van der Waals surface area (Å²) in [6.45, 7) is 13.1. The zero-order valence-electron chi connectivity index (χ0n) is 22.4. The Balaban J connectivity index is 1.59. The molecule has 0 N–H and O–H groups in total. The van der Waals surface area contributed by atoms with Crippen LogP contribution in [0.5, 0.6) is 0 Å². The summed E-state index contributed by atoms with van der Waals surface area (Å²) in [5.41, 5.74) is 9.28. The van der Waals surface area contributed by atoms with Crippen molar-refractivity contribution in [3.05, 3.63) is 83.6 Å². The highest BCUT2D eigenvalue weighted by Crippen LogP contribution is 2.39. The molecule has 0 aliphatic rings. The predicted molar refractivity (Wildman–Crippen MR) is 152 cm³/mol. The molecule has 0 unspecified atom stereocenters. The van der Waals surface area contributed by atoms with Crippen molar-refractivity contribution in [1.82, 2.24) is 9.97 Å². The van der Waals surface area contributed by atoms with Gasteiger partial charge < -0.3 is 8.83 Å². The van der Waals surface area contributed by atoms with Gasteiger partial charge in [-0.3, -0.25) is 4.98 Å². The van der Waals surface area contributed by atoms with Gasteiger partial charge in [-0.05, 0) is 89.2 Å². The maximum Gasteiger partial charge on any atom is 0.227 e. The summed E-state index contributed by atoms with van der Waals surface area (Å²) in [5.74, 6) is 1.08. The summed E-state index contributed by atoms with van der Waals surface area (Å²) >= 11 is 0. The smallest absolute Gasteiger partial charge is 0.227 e. The number of benzene rings is 2. The molecule has 0 radical (unpaired) electrons. The molecule has 0 aliphatic heterocycles. The number of pyridine rings is 2. The summed E-state index contributed by atoms with van der Waals surface area (Å²) in [4.78, 5) is 9.37. The zero-order valence-corrected chi connectivity index (χ0v) is 22.4. The average molecular weight is 489 g/mol. The molecule has 0 aliphatic carbocycles. The summed E-state index contributed by atoms with van der Waals surface area (Å²) < 4.78 is 12.3. The molecule has 37 heavy (non-hydrogen) atoms. The summed E-state index contributed by atoms with van der Waals surface area (Å²) in [7, 11) is 0. The van der Waals surface area contributed by atoms with Gasteiger partial charge in [-0.2, -0.15) is 0 Å². The van der Waals surface area contributed by atoms with Crippen molar-refractivity contribution in [1.29, 1.82) is 0 Å². The van der Waals surface area contributed by atoms with E-state index in [1.54, 1.807) is 6.26 Å². The Morgan fingerprint density at radius 1 is 0.919 bits per heavy atom. The molecule has 0 bridgehead atoms. The molecule has 4 heteroatoms. The van der Waals surface area contributed by atoms with Crippen molar-refractivity contribution in [3.8, 4) is 22.4 Å². The third-order valence-corrected chi connectivity index (χ3v) is 7.41. The van der Waals surface area contributed by atoms with E-state index in [9.17, 15) is 0 Å². The fourth-order valence-corrected chi connectivity index (χ4v) is 5.44. The van der Waals surface area contributed by atoms with Crippen LogP contribution in [0.4, 0.5) is 0 Å². The quantitative estimate of drug-likeness (QED) is 0.248. The van der Waals surface area contributed by atoms with Gasteiger partial charge >= 0.3 is 0 Å². The third-order valence-electron chi connectivity index (χ3n) is 7.41. The first-order chi connectivity index (χ1) is 17.7. The Bertz CT molecular complexity index is 1800. The molecule has 6 rings (SSSR count). The van der Waals surface area contributed by atoms with Gasteiger partial charge in [0.15, 0.2) is 0 Å². The van der Waals surface area contributed by atoms with Crippen LogP contribution in [0, 0.1) is 13.8 Å².